The highest BCUT2D eigenvalue weighted by Gasteiger charge is 2.38. The molecule has 1 aromatic heterocycles. The highest BCUT2D eigenvalue weighted by molar-refractivity contribution is 7.69. The fourth-order valence-electron chi connectivity index (χ4n) is 4.76. The number of hydrogen-bond acceptors (Lipinski definition) is 2. The van der Waals surface area contributed by atoms with Gasteiger partial charge in [0.15, 0.2) is 0 Å². The molecule has 0 aliphatic heterocycles. The van der Waals surface area contributed by atoms with Gasteiger partial charge in [0.25, 0.3) is 0 Å². The van der Waals surface area contributed by atoms with Gasteiger partial charge in [-0.25, -0.2) is 9.43 Å². The summed E-state index contributed by atoms with van der Waals surface area (Å²) >= 11 is 0. The third-order valence-electron chi connectivity index (χ3n) is 6.63. The van der Waals surface area contributed by atoms with Gasteiger partial charge in [-0.3, -0.25) is 9.34 Å². The number of benzene rings is 2. The molecular formula is C27H40N5P. The van der Waals surface area contributed by atoms with E-state index in [1.54, 1.807) is 0 Å². The fourth-order valence-corrected chi connectivity index (χ4v) is 9.14. The summed E-state index contributed by atoms with van der Waals surface area (Å²) in [6.07, 6.45) is 0. The van der Waals surface area contributed by atoms with E-state index < -0.39 is 7.36 Å². The molecule has 0 bridgehead atoms. The van der Waals surface area contributed by atoms with Crippen LogP contribution in [0.2, 0.25) is 0 Å². The summed E-state index contributed by atoms with van der Waals surface area (Å²) in [5.41, 5.74) is 6.97. The average molecular weight is 466 g/mol. The highest BCUT2D eigenvalue weighted by Crippen LogP contribution is 2.58. The van der Waals surface area contributed by atoms with E-state index in [0.717, 1.165) is 43.2 Å². The van der Waals surface area contributed by atoms with E-state index in [1.165, 1.54) is 22.1 Å². The normalized spacial score (nSPS) is 12.1. The van der Waals surface area contributed by atoms with Crippen LogP contribution in [0.25, 0.3) is 5.69 Å². The maximum atomic E-state index is 5.74. The third kappa shape index (κ3) is 4.59. The van der Waals surface area contributed by atoms with Gasteiger partial charge in [-0.2, -0.15) is 5.10 Å². The van der Waals surface area contributed by atoms with Crippen molar-refractivity contribution < 1.29 is 0 Å². The van der Waals surface area contributed by atoms with Gasteiger partial charge in [-0.15, -0.1) is 0 Å². The van der Waals surface area contributed by atoms with Crippen LogP contribution in [-0.2, 0) is 0 Å². The molecule has 0 unspecified atom stereocenters. The van der Waals surface area contributed by atoms with Crippen LogP contribution in [0, 0.1) is 27.7 Å². The Morgan fingerprint density at radius 1 is 0.788 bits per heavy atom. The third-order valence-corrected chi connectivity index (χ3v) is 11.1. The standard InChI is InChI=1S/C27H40N5P/c1-9-30(10-2)33(31(11-3)12-4,29-26-20-16-17-21(5)22(26)6)27-23(7)28-32(24(27)8)25-18-14-13-15-19-25/h13-20H,9-12H2,1-8H3. The Kier molecular flexibility index (Phi) is 8.33. The van der Waals surface area contributed by atoms with Crippen LogP contribution in [0.5, 0.6) is 0 Å². The molecule has 0 spiro atoms. The lowest BCUT2D eigenvalue weighted by Crippen LogP contribution is -2.38. The summed E-state index contributed by atoms with van der Waals surface area (Å²) in [6, 6.07) is 16.9. The Bertz CT molecular complexity index is 1110. The second-order valence-corrected chi connectivity index (χ2v) is 11.3. The summed E-state index contributed by atoms with van der Waals surface area (Å²) in [4.78, 5) is 0. The van der Waals surface area contributed by atoms with Crippen molar-refractivity contribution in [3.8, 4) is 5.69 Å². The lowest BCUT2D eigenvalue weighted by Gasteiger charge is -2.43. The molecule has 5 nitrogen and oxygen atoms in total. The Hall–Kier alpha value is -2.20. The van der Waals surface area contributed by atoms with Gasteiger partial charge < -0.3 is 0 Å². The molecule has 0 saturated carbocycles. The molecule has 3 rings (SSSR count). The van der Waals surface area contributed by atoms with Gasteiger partial charge in [0.2, 0.25) is 0 Å². The Balaban J connectivity index is 2.48. The van der Waals surface area contributed by atoms with Crippen LogP contribution in [-0.4, -0.2) is 45.3 Å². The van der Waals surface area contributed by atoms with E-state index in [-0.39, 0.29) is 0 Å². The van der Waals surface area contributed by atoms with Crippen LogP contribution in [0.1, 0.15) is 50.2 Å². The Morgan fingerprint density at radius 2 is 1.36 bits per heavy atom. The monoisotopic (exact) mass is 465 g/mol. The summed E-state index contributed by atoms with van der Waals surface area (Å²) in [5.74, 6) is 0. The molecule has 0 fully saturated rings. The van der Waals surface area contributed by atoms with Crippen molar-refractivity contribution in [3.05, 3.63) is 71.0 Å². The van der Waals surface area contributed by atoms with Gasteiger partial charge >= 0.3 is 0 Å². The largest absolute Gasteiger partial charge is 0.255 e. The van der Waals surface area contributed by atoms with Gasteiger partial charge in [0.1, 0.15) is 7.36 Å². The molecule has 3 aromatic rings. The molecule has 1 heterocycles. The number of aromatic nitrogens is 2. The zero-order chi connectivity index (χ0) is 24.2. The predicted octanol–water partition coefficient (Wildman–Crippen LogP) is 6.78. The molecule has 0 N–H and O–H groups in total. The van der Waals surface area contributed by atoms with Crippen LogP contribution in [0.4, 0.5) is 5.69 Å². The Labute approximate surface area is 200 Å². The van der Waals surface area contributed by atoms with Crippen LogP contribution < -0.4 is 5.30 Å². The van der Waals surface area contributed by atoms with Crippen molar-refractivity contribution in [2.75, 3.05) is 26.2 Å². The lowest BCUT2D eigenvalue weighted by molar-refractivity contribution is 0.421. The molecule has 0 atom stereocenters. The van der Waals surface area contributed by atoms with E-state index in [2.05, 4.69) is 118 Å². The number of hydrogen-bond donors (Lipinski definition) is 0. The Morgan fingerprint density at radius 3 is 1.91 bits per heavy atom. The van der Waals surface area contributed by atoms with Gasteiger partial charge in [0.05, 0.1) is 28.1 Å². The van der Waals surface area contributed by atoms with Crippen molar-refractivity contribution in [1.82, 2.24) is 19.1 Å². The molecule has 0 radical (unpaired) electrons. The number of rotatable bonds is 9. The molecule has 178 valence electrons. The highest BCUT2D eigenvalue weighted by atomic mass is 31.2. The quantitative estimate of drug-likeness (QED) is 0.327. The summed E-state index contributed by atoms with van der Waals surface area (Å²) in [5, 5.41) is 6.35. The minimum Gasteiger partial charge on any atom is -0.255 e. The predicted molar refractivity (Wildman–Crippen MR) is 143 cm³/mol. The van der Waals surface area contributed by atoms with Crippen LogP contribution in [0.3, 0.4) is 0 Å². The molecule has 0 aliphatic carbocycles. The first-order chi connectivity index (χ1) is 15.8. The van der Waals surface area contributed by atoms with Crippen molar-refractivity contribution >= 4 is 18.3 Å². The van der Waals surface area contributed by atoms with Crippen molar-refractivity contribution in [3.63, 3.8) is 0 Å². The minimum atomic E-state index is -2.30. The zero-order valence-corrected chi connectivity index (χ0v) is 22.5. The zero-order valence-electron chi connectivity index (χ0n) is 21.6. The topological polar surface area (TPSA) is 36.7 Å². The SMILES string of the molecule is CCN(CC)P(=Nc1cccc(C)c1C)(c1c(C)nn(-c2ccccc2)c1C)N(CC)CC. The van der Waals surface area contributed by atoms with E-state index in [1.807, 2.05) is 0 Å². The molecular weight excluding hydrogens is 425 g/mol. The second kappa shape index (κ2) is 10.8. The second-order valence-electron chi connectivity index (χ2n) is 8.43. The summed E-state index contributed by atoms with van der Waals surface area (Å²) in [7, 11) is -2.30. The smallest absolute Gasteiger partial charge is 0.136 e. The summed E-state index contributed by atoms with van der Waals surface area (Å²) < 4.78 is 13.0. The van der Waals surface area contributed by atoms with E-state index in [0.29, 0.717) is 0 Å². The van der Waals surface area contributed by atoms with Gasteiger partial charge in [0, 0.05) is 26.2 Å². The van der Waals surface area contributed by atoms with Crippen molar-refractivity contribution in [2.45, 2.75) is 55.4 Å². The lowest BCUT2D eigenvalue weighted by atomic mass is 10.1. The van der Waals surface area contributed by atoms with Crippen molar-refractivity contribution in [2.24, 2.45) is 4.74 Å². The molecule has 2 aromatic carbocycles. The fraction of sp³-hybridized carbons (Fsp3) is 0.444. The van der Waals surface area contributed by atoms with E-state index in [9.17, 15) is 0 Å². The van der Waals surface area contributed by atoms with Crippen LogP contribution in [0.15, 0.2) is 53.3 Å². The number of nitrogens with zero attached hydrogens (tertiary/aromatic N) is 5. The van der Waals surface area contributed by atoms with Gasteiger partial charge in [-0.05, 0) is 57.0 Å². The first-order valence-electron chi connectivity index (χ1n) is 12.2. The molecule has 6 heteroatoms. The maximum absolute atomic E-state index is 5.74. The first-order valence-corrected chi connectivity index (χ1v) is 13.8. The maximum Gasteiger partial charge on any atom is 0.136 e. The number of para-hydroxylation sites is 1. The minimum absolute atomic E-state index is 0.935. The van der Waals surface area contributed by atoms with Gasteiger partial charge in [-0.1, -0.05) is 58.0 Å². The van der Waals surface area contributed by atoms with E-state index in [4.69, 9.17) is 9.84 Å². The molecule has 33 heavy (non-hydrogen) atoms. The number of aryl methyl sites for hydroxylation is 2. The average Bonchev–Trinajstić information content (AvgIpc) is 3.12. The first kappa shape index (κ1) is 25.4. The molecule has 0 saturated heterocycles. The summed E-state index contributed by atoms with van der Waals surface area (Å²) in [6.45, 7) is 21.5. The van der Waals surface area contributed by atoms with Crippen molar-refractivity contribution in [1.29, 1.82) is 0 Å². The molecule has 0 aliphatic rings. The van der Waals surface area contributed by atoms with Crippen LogP contribution >= 0.6 is 7.36 Å². The molecule has 0 amide bonds. The van der Waals surface area contributed by atoms with E-state index >= 15 is 0 Å².